The highest BCUT2D eigenvalue weighted by molar-refractivity contribution is 6.35. The topological polar surface area (TPSA) is 49.4 Å². The maximum absolute atomic E-state index is 12.2. The molecule has 0 aliphatic carbocycles. The molecular weight excluding hydrogens is 323 g/mol. The Balaban J connectivity index is 2.98. The van der Waals surface area contributed by atoms with Crippen molar-refractivity contribution in [1.29, 1.82) is 0 Å². The van der Waals surface area contributed by atoms with Crippen molar-refractivity contribution in [2.24, 2.45) is 0 Å². The predicted octanol–water partition coefficient (Wildman–Crippen LogP) is 3.65. The van der Waals surface area contributed by atoms with Crippen molar-refractivity contribution in [3.05, 3.63) is 33.8 Å². The molecule has 0 saturated heterocycles. The summed E-state index contributed by atoms with van der Waals surface area (Å²) in [7, 11) is 0. The second-order valence-corrected chi connectivity index (χ2v) is 6.29. The monoisotopic (exact) mass is 344 g/mol. The molecular formula is C16H22Cl2N2O2. The van der Waals surface area contributed by atoms with Crippen LogP contribution in [0.1, 0.15) is 39.7 Å². The van der Waals surface area contributed by atoms with Gasteiger partial charge in [-0.3, -0.25) is 9.59 Å². The molecule has 0 saturated carbocycles. The van der Waals surface area contributed by atoms with Gasteiger partial charge in [0.25, 0.3) is 0 Å². The summed E-state index contributed by atoms with van der Waals surface area (Å²) in [4.78, 5) is 25.9. The fraction of sp³-hybridized carbons (Fsp3) is 0.500. The molecule has 0 radical (unpaired) electrons. The Morgan fingerprint density at radius 1 is 1.23 bits per heavy atom. The number of carbonyl (C=O) groups is 2. The van der Waals surface area contributed by atoms with Crippen LogP contribution in [-0.2, 0) is 16.1 Å². The summed E-state index contributed by atoms with van der Waals surface area (Å²) in [6, 6.07) is 4.57. The van der Waals surface area contributed by atoms with E-state index >= 15 is 0 Å². The average molecular weight is 345 g/mol. The predicted molar refractivity (Wildman–Crippen MR) is 90.0 cm³/mol. The van der Waals surface area contributed by atoms with Crippen LogP contribution in [0.5, 0.6) is 0 Å². The Bertz CT molecular complexity index is 547. The zero-order chi connectivity index (χ0) is 16.9. The Morgan fingerprint density at radius 3 is 2.36 bits per heavy atom. The molecule has 1 aromatic carbocycles. The molecule has 0 spiro atoms. The van der Waals surface area contributed by atoms with Crippen LogP contribution in [0.4, 0.5) is 0 Å². The summed E-state index contributed by atoms with van der Waals surface area (Å²) >= 11 is 12.1. The third-order valence-electron chi connectivity index (χ3n) is 3.26. The summed E-state index contributed by atoms with van der Waals surface area (Å²) in [5, 5.41) is 3.84. The van der Waals surface area contributed by atoms with Crippen LogP contribution >= 0.6 is 23.2 Å². The molecule has 22 heavy (non-hydrogen) atoms. The van der Waals surface area contributed by atoms with Crippen molar-refractivity contribution in [2.75, 3.05) is 0 Å². The number of benzene rings is 1. The Hall–Kier alpha value is -1.26. The van der Waals surface area contributed by atoms with Gasteiger partial charge < -0.3 is 10.2 Å². The number of hydrogen-bond donors (Lipinski definition) is 1. The van der Waals surface area contributed by atoms with Gasteiger partial charge in [0.1, 0.15) is 6.04 Å². The number of rotatable bonds is 6. The second-order valence-electron chi connectivity index (χ2n) is 5.45. The highest BCUT2D eigenvalue weighted by Crippen LogP contribution is 2.23. The molecule has 122 valence electrons. The summed E-state index contributed by atoms with van der Waals surface area (Å²) in [6.07, 6.45) is 0.324. The van der Waals surface area contributed by atoms with Gasteiger partial charge in [-0.05, 0) is 38.5 Å². The van der Waals surface area contributed by atoms with E-state index in [2.05, 4.69) is 5.32 Å². The van der Waals surface area contributed by atoms with Gasteiger partial charge in [0.05, 0.1) is 0 Å². The van der Waals surface area contributed by atoms with E-state index in [0.29, 0.717) is 16.5 Å². The summed E-state index contributed by atoms with van der Waals surface area (Å²) in [6.45, 7) is 7.52. The third kappa shape index (κ3) is 5.18. The standard InChI is InChI=1S/C16H22Cl2N2O2/c1-5-15(21)20(11(4)16(22)19-10(2)3)9-12-6-7-13(17)8-14(12)18/h6-8,10-11H,5,9H2,1-4H3,(H,19,22). The molecule has 1 N–H and O–H groups in total. The fourth-order valence-electron chi connectivity index (χ4n) is 2.02. The van der Waals surface area contributed by atoms with Crippen LogP contribution in [0.15, 0.2) is 18.2 Å². The molecule has 0 aromatic heterocycles. The SMILES string of the molecule is CCC(=O)N(Cc1ccc(Cl)cc1Cl)C(C)C(=O)NC(C)C. The number of nitrogens with zero attached hydrogens (tertiary/aromatic N) is 1. The van der Waals surface area contributed by atoms with Crippen molar-refractivity contribution in [1.82, 2.24) is 10.2 Å². The lowest BCUT2D eigenvalue weighted by molar-refractivity contribution is -0.140. The molecule has 0 fully saturated rings. The van der Waals surface area contributed by atoms with Gasteiger partial charge in [0, 0.05) is 29.1 Å². The van der Waals surface area contributed by atoms with Crippen molar-refractivity contribution < 1.29 is 9.59 Å². The molecule has 0 aliphatic rings. The molecule has 6 heteroatoms. The quantitative estimate of drug-likeness (QED) is 0.856. The van der Waals surface area contributed by atoms with Gasteiger partial charge in [-0.2, -0.15) is 0 Å². The number of amides is 2. The van der Waals surface area contributed by atoms with Crippen molar-refractivity contribution in [3.63, 3.8) is 0 Å². The highest BCUT2D eigenvalue weighted by atomic mass is 35.5. The first kappa shape index (κ1) is 18.8. The number of hydrogen-bond acceptors (Lipinski definition) is 2. The molecule has 4 nitrogen and oxygen atoms in total. The molecule has 0 bridgehead atoms. The zero-order valence-electron chi connectivity index (χ0n) is 13.3. The van der Waals surface area contributed by atoms with E-state index in [0.717, 1.165) is 5.56 Å². The van der Waals surface area contributed by atoms with Gasteiger partial charge in [0.2, 0.25) is 11.8 Å². The van der Waals surface area contributed by atoms with Gasteiger partial charge >= 0.3 is 0 Å². The number of halogens is 2. The number of carbonyl (C=O) groups excluding carboxylic acids is 2. The maximum Gasteiger partial charge on any atom is 0.242 e. The molecule has 1 unspecified atom stereocenters. The lowest BCUT2D eigenvalue weighted by Gasteiger charge is -2.29. The van der Waals surface area contributed by atoms with E-state index in [4.69, 9.17) is 23.2 Å². The van der Waals surface area contributed by atoms with Crippen LogP contribution in [0.25, 0.3) is 0 Å². The number of nitrogens with one attached hydrogen (secondary N) is 1. The third-order valence-corrected chi connectivity index (χ3v) is 3.84. The molecule has 2 amide bonds. The summed E-state index contributed by atoms with van der Waals surface area (Å²) < 4.78 is 0. The average Bonchev–Trinajstić information content (AvgIpc) is 2.44. The van der Waals surface area contributed by atoms with Gasteiger partial charge in [-0.15, -0.1) is 0 Å². The minimum absolute atomic E-state index is 0.0210. The van der Waals surface area contributed by atoms with Crippen LogP contribution in [0, 0.1) is 0 Å². The lowest BCUT2D eigenvalue weighted by atomic mass is 10.1. The second kappa shape index (κ2) is 8.39. The minimum Gasteiger partial charge on any atom is -0.352 e. The van der Waals surface area contributed by atoms with E-state index in [1.165, 1.54) is 4.90 Å². The zero-order valence-corrected chi connectivity index (χ0v) is 14.8. The van der Waals surface area contributed by atoms with Crippen molar-refractivity contribution >= 4 is 35.0 Å². The van der Waals surface area contributed by atoms with Gasteiger partial charge in [-0.1, -0.05) is 36.2 Å². The largest absolute Gasteiger partial charge is 0.352 e. The van der Waals surface area contributed by atoms with E-state index in [-0.39, 0.29) is 24.4 Å². The molecule has 1 rings (SSSR count). The Kier molecular flexibility index (Phi) is 7.17. The maximum atomic E-state index is 12.2. The molecule has 1 aromatic rings. The highest BCUT2D eigenvalue weighted by Gasteiger charge is 2.25. The van der Waals surface area contributed by atoms with Gasteiger partial charge in [-0.25, -0.2) is 0 Å². The van der Waals surface area contributed by atoms with Crippen LogP contribution in [0.3, 0.4) is 0 Å². The van der Waals surface area contributed by atoms with Gasteiger partial charge in [0.15, 0.2) is 0 Å². The fourth-order valence-corrected chi connectivity index (χ4v) is 2.49. The van der Waals surface area contributed by atoms with Crippen molar-refractivity contribution in [3.8, 4) is 0 Å². The molecule has 0 heterocycles. The molecule has 0 aliphatic heterocycles. The first-order chi connectivity index (χ1) is 10.3. The Labute approximate surface area is 141 Å². The minimum atomic E-state index is -0.568. The molecule has 1 atom stereocenters. The van der Waals surface area contributed by atoms with E-state index in [9.17, 15) is 9.59 Å². The summed E-state index contributed by atoms with van der Waals surface area (Å²) in [5.74, 6) is -0.278. The Morgan fingerprint density at radius 2 is 1.86 bits per heavy atom. The van der Waals surface area contributed by atoms with E-state index < -0.39 is 6.04 Å². The van der Waals surface area contributed by atoms with E-state index in [1.807, 2.05) is 13.8 Å². The van der Waals surface area contributed by atoms with E-state index in [1.54, 1.807) is 32.0 Å². The van der Waals surface area contributed by atoms with Crippen LogP contribution in [0.2, 0.25) is 10.0 Å². The van der Waals surface area contributed by atoms with Crippen LogP contribution in [-0.4, -0.2) is 28.8 Å². The first-order valence-corrected chi connectivity index (χ1v) is 8.05. The summed E-state index contributed by atoms with van der Waals surface area (Å²) in [5.41, 5.74) is 0.761. The smallest absolute Gasteiger partial charge is 0.242 e. The first-order valence-electron chi connectivity index (χ1n) is 7.30. The normalized spacial score (nSPS) is 12.1. The van der Waals surface area contributed by atoms with Crippen LogP contribution < -0.4 is 5.32 Å². The van der Waals surface area contributed by atoms with Crippen molar-refractivity contribution in [2.45, 2.75) is 52.7 Å². The lowest BCUT2D eigenvalue weighted by Crippen LogP contribution is -2.49.